The van der Waals surface area contributed by atoms with E-state index in [1.807, 2.05) is 24.3 Å². The molecule has 27 heavy (non-hydrogen) atoms. The average molecular weight is 366 g/mol. The normalized spacial score (nSPS) is 13.6. The average Bonchev–Trinajstić information content (AvgIpc) is 3.45. The van der Waals surface area contributed by atoms with Gasteiger partial charge in [-0.25, -0.2) is 4.98 Å². The van der Waals surface area contributed by atoms with Crippen LogP contribution in [0.3, 0.4) is 0 Å². The van der Waals surface area contributed by atoms with Crippen molar-refractivity contribution in [2.45, 2.75) is 52.1 Å². The minimum absolute atomic E-state index is 0.286. The maximum Gasteiger partial charge on any atom is 0.247 e. The molecule has 3 aromatic rings. The molecule has 1 saturated carbocycles. The van der Waals surface area contributed by atoms with E-state index in [4.69, 9.17) is 9.26 Å². The van der Waals surface area contributed by atoms with Crippen molar-refractivity contribution in [1.82, 2.24) is 25.3 Å². The summed E-state index contributed by atoms with van der Waals surface area (Å²) in [6.45, 7) is 4.41. The van der Waals surface area contributed by atoms with Crippen LogP contribution in [0.1, 0.15) is 55.7 Å². The summed E-state index contributed by atoms with van der Waals surface area (Å²) in [6, 6.07) is 7.56. The minimum atomic E-state index is 0.286. The quantitative estimate of drug-likeness (QED) is 0.646. The van der Waals surface area contributed by atoms with Crippen molar-refractivity contribution in [2.24, 2.45) is 0 Å². The molecule has 1 fully saturated rings. The van der Waals surface area contributed by atoms with Gasteiger partial charge >= 0.3 is 0 Å². The molecule has 0 saturated heterocycles. The van der Waals surface area contributed by atoms with Crippen LogP contribution < -0.4 is 10.1 Å². The molecule has 140 valence electrons. The van der Waals surface area contributed by atoms with Crippen LogP contribution in [0.4, 0.5) is 11.6 Å². The molecule has 4 rings (SSSR count). The summed E-state index contributed by atoms with van der Waals surface area (Å²) < 4.78 is 10.9. The Morgan fingerprint density at radius 3 is 2.52 bits per heavy atom. The fraction of sp³-hybridized carbons (Fsp3) is 0.421. The molecule has 0 spiro atoms. The Hall–Kier alpha value is -3.03. The van der Waals surface area contributed by atoms with Crippen LogP contribution in [0.5, 0.6) is 5.75 Å². The first-order valence-electron chi connectivity index (χ1n) is 9.30. The summed E-state index contributed by atoms with van der Waals surface area (Å²) in [5.74, 6) is 2.97. The molecule has 0 unspecified atom stereocenters. The summed E-state index contributed by atoms with van der Waals surface area (Å²) in [5.41, 5.74) is 2.78. The predicted octanol–water partition coefficient (Wildman–Crippen LogP) is 3.58. The third-order valence-corrected chi connectivity index (χ3v) is 4.40. The molecule has 1 aliphatic rings. The second-order valence-electron chi connectivity index (χ2n) is 6.50. The molecular formula is C19H22N6O2. The van der Waals surface area contributed by atoms with Gasteiger partial charge in [-0.1, -0.05) is 19.0 Å². The molecule has 0 atom stereocenters. The smallest absolute Gasteiger partial charge is 0.247 e. The highest BCUT2D eigenvalue weighted by Crippen LogP contribution is 2.38. The molecule has 8 heteroatoms. The second kappa shape index (κ2) is 7.69. The molecule has 0 aliphatic heterocycles. The highest BCUT2D eigenvalue weighted by atomic mass is 16.5. The summed E-state index contributed by atoms with van der Waals surface area (Å²) in [6.07, 6.45) is 3.94. The van der Waals surface area contributed by atoms with Gasteiger partial charge in [0.25, 0.3) is 0 Å². The van der Waals surface area contributed by atoms with Crippen molar-refractivity contribution in [3.05, 3.63) is 47.4 Å². The van der Waals surface area contributed by atoms with E-state index in [-0.39, 0.29) is 6.61 Å². The second-order valence-corrected chi connectivity index (χ2v) is 6.50. The molecule has 0 radical (unpaired) electrons. The van der Waals surface area contributed by atoms with E-state index in [0.29, 0.717) is 17.7 Å². The lowest BCUT2D eigenvalue weighted by atomic mass is 10.2. The number of aromatic nitrogens is 5. The number of rotatable bonds is 8. The van der Waals surface area contributed by atoms with Crippen molar-refractivity contribution in [2.75, 3.05) is 5.32 Å². The Kier molecular flexibility index (Phi) is 4.95. The van der Waals surface area contributed by atoms with Gasteiger partial charge in [-0.2, -0.15) is 4.98 Å². The largest absolute Gasteiger partial charge is 0.485 e. The lowest BCUT2D eigenvalue weighted by Gasteiger charge is -2.09. The van der Waals surface area contributed by atoms with Gasteiger partial charge in [0.1, 0.15) is 5.75 Å². The number of hydrogen-bond donors (Lipinski definition) is 1. The Morgan fingerprint density at radius 2 is 1.81 bits per heavy atom. The van der Waals surface area contributed by atoms with Crippen LogP contribution >= 0.6 is 0 Å². The number of benzene rings is 1. The molecule has 0 bridgehead atoms. The first-order chi connectivity index (χ1) is 13.2. The number of nitrogens with zero attached hydrogens (tertiary/aromatic N) is 5. The SMILES string of the molecule is CCc1nnc(Nc2ccc(OCc3noc(C4CC4)n3)cc2)nc1CC. The van der Waals surface area contributed by atoms with Crippen LogP contribution in [0.15, 0.2) is 28.8 Å². The van der Waals surface area contributed by atoms with Gasteiger partial charge in [0.15, 0.2) is 6.61 Å². The fourth-order valence-electron chi connectivity index (χ4n) is 2.72. The maximum atomic E-state index is 5.72. The van der Waals surface area contributed by atoms with E-state index in [9.17, 15) is 0 Å². The zero-order valence-electron chi connectivity index (χ0n) is 15.5. The predicted molar refractivity (Wildman–Crippen MR) is 98.9 cm³/mol. The fourth-order valence-corrected chi connectivity index (χ4v) is 2.72. The molecule has 2 aromatic heterocycles. The van der Waals surface area contributed by atoms with Gasteiger partial charge in [0.2, 0.25) is 17.7 Å². The van der Waals surface area contributed by atoms with Crippen LogP contribution in [0.25, 0.3) is 0 Å². The standard InChI is InChI=1S/C19H22N6O2/c1-3-15-16(4-2)23-24-19(21-15)20-13-7-9-14(10-8-13)26-11-17-22-18(27-25-17)12-5-6-12/h7-10,12H,3-6,11H2,1-2H3,(H,20,21,24). The Morgan fingerprint density at radius 1 is 1.04 bits per heavy atom. The number of aryl methyl sites for hydroxylation is 2. The summed E-state index contributed by atoms with van der Waals surface area (Å²) in [5, 5.41) is 15.5. The lowest BCUT2D eigenvalue weighted by Crippen LogP contribution is -2.06. The van der Waals surface area contributed by atoms with Crippen molar-refractivity contribution >= 4 is 11.6 Å². The molecule has 1 aromatic carbocycles. The summed E-state index contributed by atoms with van der Waals surface area (Å²) in [4.78, 5) is 8.89. The Labute approximate surface area is 157 Å². The number of anilines is 2. The summed E-state index contributed by atoms with van der Waals surface area (Å²) >= 11 is 0. The molecule has 0 amide bonds. The molecule has 1 N–H and O–H groups in total. The summed E-state index contributed by atoms with van der Waals surface area (Å²) in [7, 11) is 0. The minimum Gasteiger partial charge on any atom is -0.485 e. The lowest BCUT2D eigenvalue weighted by molar-refractivity contribution is 0.285. The van der Waals surface area contributed by atoms with Crippen molar-refractivity contribution in [3.8, 4) is 5.75 Å². The van der Waals surface area contributed by atoms with Crippen molar-refractivity contribution in [1.29, 1.82) is 0 Å². The number of ether oxygens (including phenoxy) is 1. The topological polar surface area (TPSA) is 98.9 Å². The van der Waals surface area contributed by atoms with Gasteiger partial charge < -0.3 is 14.6 Å². The van der Waals surface area contributed by atoms with Crippen LogP contribution in [0.2, 0.25) is 0 Å². The van der Waals surface area contributed by atoms with E-state index < -0.39 is 0 Å². The van der Waals surface area contributed by atoms with E-state index in [0.717, 1.165) is 54.4 Å². The first-order valence-corrected chi connectivity index (χ1v) is 9.30. The third-order valence-electron chi connectivity index (χ3n) is 4.40. The highest BCUT2D eigenvalue weighted by molar-refractivity contribution is 5.54. The van der Waals surface area contributed by atoms with E-state index in [1.54, 1.807) is 0 Å². The van der Waals surface area contributed by atoms with E-state index in [2.05, 4.69) is 44.5 Å². The van der Waals surface area contributed by atoms with Gasteiger partial charge in [-0.05, 0) is 49.9 Å². The van der Waals surface area contributed by atoms with Crippen LogP contribution in [0, 0.1) is 0 Å². The van der Waals surface area contributed by atoms with Gasteiger partial charge in [0, 0.05) is 11.6 Å². The molecule has 1 aliphatic carbocycles. The zero-order valence-corrected chi connectivity index (χ0v) is 15.5. The highest BCUT2D eigenvalue weighted by Gasteiger charge is 2.29. The number of hydrogen-bond acceptors (Lipinski definition) is 8. The van der Waals surface area contributed by atoms with Gasteiger partial charge in [0.05, 0.1) is 11.4 Å². The van der Waals surface area contributed by atoms with Crippen molar-refractivity contribution in [3.63, 3.8) is 0 Å². The van der Waals surface area contributed by atoms with Crippen LogP contribution in [-0.4, -0.2) is 25.3 Å². The maximum absolute atomic E-state index is 5.72. The van der Waals surface area contributed by atoms with Crippen LogP contribution in [-0.2, 0) is 19.4 Å². The molecule has 2 heterocycles. The third kappa shape index (κ3) is 4.21. The van der Waals surface area contributed by atoms with E-state index >= 15 is 0 Å². The zero-order chi connectivity index (χ0) is 18.6. The van der Waals surface area contributed by atoms with Gasteiger partial charge in [-0.3, -0.25) is 0 Å². The Bertz CT molecular complexity index is 905. The molecule has 8 nitrogen and oxygen atoms in total. The van der Waals surface area contributed by atoms with Gasteiger partial charge in [-0.15, -0.1) is 10.2 Å². The Balaban J connectivity index is 1.35. The molecular weight excluding hydrogens is 344 g/mol. The van der Waals surface area contributed by atoms with Crippen molar-refractivity contribution < 1.29 is 9.26 Å². The monoisotopic (exact) mass is 366 g/mol. The number of nitrogens with one attached hydrogen (secondary N) is 1. The first kappa shape index (κ1) is 17.4. The van der Waals surface area contributed by atoms with E-state index in [1.165, 1.54) is 0 Å².